The van der Waals surface area contributed by atoms with E-state index in [1.165, 1.54) is 12.8 Å². The third kappa shape index (κ3) is 4.32. The molecule has 0 bridgehead atoms. The smallest absolute Gasteiger partial charge is 0.189 e. The highest BCUT2D eigenvalue weighted by Gasteiger charge is 2.15. The van der Waals surface area contributed by atoms with Crippen LogP contribution in [0.15, 0.2) is 4.99 Å². The second-order valence-corrected chi connectivity index (χ2v) is 4.80. The average Bonchev–Trinajstić information content (AvgIpc) is 2.79. The largest absolute Gasteiger partial charge is 0.370 e. The van der Waals surface area contributed by atoms with Gasteiger partial charge in [0.1, 0.15) is 12.4 Å². The van der Waals surface area contributed by atoms with Gasteiger partial charge >= 0.3 is 0 Å². The number of halogens is 1. The van der Waals surface area contributed by atoms with Gasteiger partial charge in [0.05, 0.1) is 0 Å². The second-order valence-electron chi connectivity index (χ2n) is 4.80. The summed E-state index contributed by atoms with van der Waals surface area (Å²) in [7, 11) is 0. The van der Waals surface area contributed by atoms with Crippen LogP contribution in [0.25, 0.3) is 0 Å². The zero-order valence-electron chi connectivity index (χ0n) is 11.6. The van der Waals surface area contributed by atoms with E-state index in [4.69, 9.17) is 5.73 Å². The predicted molar refractivity (Wildman–Crippen MR) is 86.6 cm³/mol. The number of aliphatic imine (C=N–C) groups is 1. The zero-order valence-corrected chi connectivity index (χ0v) is 13.9. The summed E-state index contributed by atoms with van der Waals surface area (Å²) in [5, 5.41) is 11.5. The minimum absolute atomic E-state index is 0. The third-order valence-electron chi connectivity index (χ3n) is 3.33. The van der Waals surface area contributed by atoms with Crippen molar-refractivity contribution in [3.8, 4) is 0 Å². The minimum atomic E-state index is 0. The van der Waals surface area contributed by atoms with Gasteiger partial charge in [-0.2, -0.15) is 0 Å². The molecule has 1 atom stereocenters. The Kier molecular flexibility index (Phi) is 6.53. The zero-order chi connectivity index (χ0) is 13.0. The van der Waals surface area contributed by atoms with Gasteiger partial charge in [-0.05, 0) is 26.2 Å². The van der Waals surface area contributed by atoms with Crippen LogP contribution in [-0.2, 0) is 19.5 Å². The van der Waals surface area contributed by atoms with Gasteiger partial charge in [-0.3, -0.25) is 0 Å². The Balaban J connectivity index is 0.00000180. The molecule has 1 unspecified atom stereocenters. The number of hydrogen-bond acceptors (Lipinski definition) is 3. The number of nitrogens with zero attached hydrogens (tertiary/aromatic N) is 4. The van der Waals surface area contributed by atoms with Gasteiger partial charge in [-0.25, -0.2) is 4.99 Å². The molecule has 1 aliphatic rings. The highest BCUT2D eigenvalue weighted by molar-refractivity contribution is 14.0. The van der Waals surface area contributed by atoms with Gasteiger partial charge in [-0.1, -0.05) is 6.92 Å². The van der Waals surface area contributed by atoms with Crippen molar-refractivity contribution in [1.29, 1.82) is 0 Å². The Morgan fingerprint density at radius 3 is 3.00 bits per heavy atom. The second kappa shape index (κ2) is 7.66. The molecule has 0 aromatic carbocycles. The average molecular weight is 378 g/mol. The van der Waals surface area contributed by atoms with Crippen LogP contribution in [0.1, 0.15) is 44.8 Å². The van der Waals surface area contributed by atoms with E-state index in [-0.39, 0.29) is 24.0 Å². The summed E-state index contributed by atoms with van der Waals surface area (Å²) in [6, 6.07) is 0.348. The lowest BCUT2D eigenvalue weighted by atomic mass is 10.2. The van der Waals surface area contributed by atoms with Crippen LogP contribution in [0.4, 0.5) is 0 Å². The summed E-state index contributed by atoms with van der Waals surface area (Å²) < 4.78 is 2.17. The summed E-state index contributed by atoms with van der Waals surface area (Å²) >= 11 is 0. The molecule has 0 spiro atoms. The first-order valence-corrected chi connectivity index (χ1v) is 6.68. The topological polar surface area (TPSA) is 81.1 Å². The first-order chi connectivity index (χ1) is 8.70. The van der Waals surface area contributed by atoms with Crippen LogP contribution < -0.4 is 11.1 Å². The third-order valence-corrected chi connectivity index (χ3v) is 3.33. The van der Waals surface area contributed by atoms with E-state index in [0.717, 1.165) is 31.0 Å². The Morgan fingerprint density at radius 2 is 2.26 bits per heavy atom. The molecule has 0 fully saturated rings. The summed E-state index contributed by atoms with van der Waals surface area (Å²) in [5.41, 5.74) is 5.82. The highest BCUT2D eigenvalue weighted by atomic mass is 127. The molecule has 0 aliphatic carbocycles. The predicted octanol–water partition coefficient (Wildman–Crippen LogP) is 1.44. The van der Waals surface area contributed by atoms with Crippen LogP contribution in [0, 0.1) is 0 Å². The molecule has 7 heteroatoms. The van der Waals surface area contributed by atoms with Crippen molar-refractivity contribution in [1.82, 2.24) is 20.1 Å². The first-order valence-electron chi connectivity index (χ1n) is 6.68. The molecule has 108 valence electrons. The fraction of sp³-hybridized carbons (Fsp3) is 0.750. The standard InChI is InChI=1S/C12H22N6.HI/c1-3-9(2)15-12(13)14-8-11-17-16-10-6-4-5-7-18(10)11;/h9H,3-8H2,1-2H3,(H3,13,14,15);1H. The summed E-state index contributed by atoms with van der Waals surface area (Å²) in [5.74, 6) is 2.48. The summed E-state index contributed by atoms with van der Waals surface area (Å²) in [6.07, 6.45) is 4.45. The monoisotopic (exact) mass is 378 g/mol. The van der Waals surface area contributed by atoms with E-state index in [9.17, 15) is 0 Å². The number of guanidine groups is 1. The fourth-order valence-corrected chi connectivity index (χ4v) is 2.04. The molecule has 2 heterocycles. The number of hydrogen-bond donors (Lipinski definition) is 2. The fourth-order valence-electron chi connectivity index (χ4n) is 2.04. The van der Waals surface area contributed by atoms with Gasteiger partial charge in [0.15, 0.2) is 11.8 Å². The minimum Gasteiger partial charge on any atom is -0.370 e. The summed E-state index contributed by atoms with van der Waals surface area (Å²) in [4.78, 5) is 4.32. The summed E-state index contributed by atoms with van der Waals surface area (Å²) in [6.45, 7) is 5.70. The Hall–Kier alpha value is -0.860. The van der Waals surface area contributed by atoms with E-state index < -0.39 is 0 Å². The molecule has 3 N–H and O–H groups in total. The number of rotatable bonds is 4. The number of nitrogens with one attached hydrogen (secondary N) is 1. The van der Waals surface area contributed by atoms with Crippen molar-refractivity contribution in [2.75, 3.05) is 0 Å². The highest BCUT2D eigenvalue weighted by Crippen LogP contribution is 2.14. The molecule has 0 radical (unpaired) electrons. The van der Waals surface area contributed by atoms with Gasteiger partial charge in [-0.15, -0.1) is 34.2 Å². The SMILES string of the molecule is CCC(C)NC(N)=NCc1nnc2n1CCCC2.I. The number of aromatic nitrogens is 3. The van der Waals surface area contributed by atoms with E-state index in [0.29, 0.717) is 18.5 Å². The molecule has 0 saturated carbocycles. The molecule has 1 aromatic rings. The Labute approximate surface area is 131 Å². The van der Waals surface area contributed by atoms with Gasteiger partial charge in [0.25, 0.3) is 0 Å². The van der Waals surface area contributed by atoms with E-state index in [2.05, 4.69) is 38.9 Å². The van der Waals surface area contributed by atoms with Gasteiger partial charge in [0, 0.05) is 19.0 Å². The number of fused-ring (bicyclic) bond motifs is 1. The quantitative estimate of drug-likeness (QED) is 0.472. The van der Waals surface area contributed by atoms with Crippen molar-refractivity contribution in [3.63, 3.8) is 0 Å². The van der Waals surface area contributed by atoms with Crippen molar-refractivity contribution in [2.24, 2.45) is 10.7 Å². The van der Waals surface area contributed by atoms with Crippen LogP contribution >= 0.6 is 24.0 Å². The number of nitrogens with two attached hydrogens (primary N) is 1. The normalized spacial score (nSPS) is 16.4. The maximum absolute atomic E-state index is 5.82. The molecule has 0 saturated heterocycles. The molecule has 1 aliphatic heterocycles. The lowest BCUT2D eigenvalue weighted by Gasteiger charge is -2.14. The van der Waals surface area contributed by atoms with Crippen molar-refractivity contribution < 1.29 is 0 Å². The van der Waals surface area contributed by atoms with Gasteiger partial charge in [0.2, 0.25) is 0 Å². The molecule has 0 amide bonds. The maximum atomic E-state index is 5.82. The van der Waals surface area contributed by atoms with Crippen LogP contribution in [0.2, 0.25) is 0 Å². The lowest BCUT2D eigenvalue weighted by Crippen LogP contribution is -2.38. The van der Waals surface area contributed by atoms with E-state index in [1.807, 2.05) is 0 Å². The molecule has 19 heavy (non-hydrogen) atoms. The van der Waals surface area contributed by atoms with Crippen molar-refractivity contribution >= 4 is 29.9 Å². The van der Waals surface area contributed by atoms with E-state index in [1.54, 1.807) is 0 Å². The van der Waals surface area contributed by atoms with Crippen LogP contribution in [0.5, 0.6) is 0 Å². The molecule has 6 nitrogen and oxygen atoms in total. The Bertz CT molecular complexity index is 428. The Morgan fingerprint density at radius 1 is 1.47 bits per heavy atom. The molecular weight excluding hydrogens is 355 g/mol. The number of aryl methyl sites for hydroxylation is 1. The maximum Gasteiger partial charge on any atom is 0.189 e. The molecule has 2 rings (SSSR count). The molecular formula is C12H23IN6. The lowest BCUT2D eigenvalue weighted by molar-refractivity contribution is 0.508. The van der Waals surface area contributed by atoms with Gasteiger partial charge < -0.3 is 15.6 Å². The van der Waals surface area contributed by atoms with Crippen LogP contribution in [-0.4, -0.2) is 26.8 Å². The van der Waals surface area contributed by atoms with Crippen LogP contribution in [0.3, 0.4) is 0 Å². The van der Waals surface area contributed by atoms with Crippen molar-refractivity contribution in [2.45, 2.75) is 58.7 Å². The van der Waals surface area contributed by atoms with E-state index >= 15 is 0 Å². The molecule has 1 aromatic heterocycles. The van der Waals surface area contributed by atoms with Crippen molar-refractivity contribution in [3.05, 3.63) is 11.6 Å². The first kappa shape index (κ1) is 16.2.